The molecule has 134 valence electrons. The Morgan fingerprint density at radius 3 is 2.72 bits per heavy atom. The molecule has 0 radical (unpaired) electrons. The topological polar surface area (TPSA) is 77.2 Å². The lowest BCUT2D eigenvalue weighted by molar-refractivity contribution is -0.136. The van der Waals surface area contributed by atoms with Gasteiger partial charge in [-0.1, -0.05) is 30.3 Å². The van der Waals surface area contributed by atoms with E-state index >= 15 is 0 Å². The lowest BCUT2D eigenvalue weighted by Crippen LogP contribution is -2.49. The highest BCUT2D eigenvalue weighted by Crippen LogP contribution is 2.29. The van der Waals surface area contributed by atoms with E-state index in [2.05, 4.69) is 34.6 Å². The molecule has 0 spiro atoms. The fourth-order valence-electron chi connectivity index (χ4n) is 3.09. The molecule has 25 heavy (non-hydrogen) atoms. The first-order valence-electron chi connectivity index (χ1n) is 8.75. The number of nitrogens with two attached hydrogens (primary N) is 1. The zero-order valence-electron chi connectivity index (χ0n) is 14.4. The maximum absolute atomic E-state index is 12.6. The minimum atomic E-state index is -0.482. The first kappa shape index (κ1) is 18.0. The first-order valence-corrected chi connectivity index (χ1v) is 9.63. The van der Waals surface area contributed by atoms with Crippen LogP contribution >= 0.6 is 11.3 Å². The third-order valence-corrected chi connectivity index (χ3v) is 5.78. The fourth-order valence-corrected chi connectivity index (χ4v) is 3.88. The molecule has 0 bridgehead atoms. The van der Waals surface area contributed by atoms with Crippen LogP contribution in [0, 0.1) is 5.41 Å². The molecule has 6 heteroatoms. The summed E-state index contributed by atoms with van der Waals surface area (Å²) in [6.07, 6.45) is 3.28. The number of carbonyl (C=O) groups excluding carboxylic acids is 1. The Balaban J connectivity index is 1.50. The Morgan fingerprint density at radius 1 is 1.24 bits per heavy atom. The Labute approximate surface area is 152 Å². The first-order chi connectivity index (χ1) is 12.2. The Bertz CT molecular complexity index is 681. The van der Waals surface area contributed by atoms with Crippen LogP contribution in [-0.4, -0.2) is 30.6 Å². The van der Waals surface area contributed by atoms with Gasteiger partial charge >= 0.3 is 0 Å². The summed E-state index contributed by atoms with van der Waals surface area (Å²) in [4.78, 5) is 17.2. The van der Waals surface area contributed by atoms with Gasteiger partial charge in [0.2, 0.25) is 5.91 Å². The number of thiazole rings is 1. The minimum absolute atomic E-state index is 0.0251. The fraction of sp³-hybridized carbons (Fsp3) is 0.474. The summed E-state index contributed by atoms with van der Waals surface area (Å²) in [6.45, 7) is 2.03. The molecule has 0 unspecified atom stereocenters. The quantitative estimate of drug-likeness (QED) is 0.795. The van der Waals surface area contributed by atoms with Gasteiger partial charge in [0, 0.05) is 31.6 Å². The monoisotopic (exact) mass is 359 g/mol. The average Bonchev–Trinajstić information content (AvgIpc) is 3.13. The van der Waals surface area contributed by atoms with Crippen LogP contribution in [-0.2, 0) is 28.9 Å². The van der Waals surface area contributed by atoms with Gasteiger partial charge in [0.1, 0.15) is 0 Å². The Kier molecular flexibility index (Phi) is 6.18. The van der Waals surface area contributed by atoms with Crippen molar-refractivity contribution in [3.05, 3.63) is 52.0 Å². The summed E-state index contributed by atoms with van der Waals surface area (Å²) in [6, 6.07) is 10.4. The van der Waals surface area contributed by atoms with Gasteiger partial charge in [-0.25, -0.2) is 4.98 Å². The summed E-state index contributed by atoms with van der Waals surface area (Å²) in [5, 5.41) is 6.15. The van der Waals surface area contributed by atoms with Crippen LogP contribution in [0.4, 0.5) is 0 Å². The summed E-state index contributed by atoms with van der Waals surface area (Å²) < 4.78 is 5.36. The van der Waals surface area contributed by atoms with E-state index in [1.807, 2.05) is 11.4 Å². The van der Waals surface area contributed by atoms with Gasteiger partial charge in [-0.15, -0.1) is 11.3 Å². The van der Waals surface area contributed by atoms with E-state index in [-0.39, 0.29) is 5.91 Å². The largest absolute Gasteiger partial charge is 0.381 e. The zero-order chi connectivity index (χ0) is 17.5. The molecular weight excluding hydrogens is 334 g/mol. The summed E-state index contributed by atoms with van der Waals surface area (Å²) in [7, 11) is 0. The van der Waals surface area contributed by atoms with Crippen molar-refractivity contribution in [2.45, 2.75) is 32.2 Å². The predicted octanol–water partition coefficient (Wildman–Crippen LogP) is 2.30. The standard InChI is InChI=1S/C19H25N3O2S/c20-14-19(8-10-24-11-9-19)18(23)21-12-16-13-25-17(22-16)7-6-15-4-2-1-3-5-15/h1-5,13H,6-12,14,20H2,(H,21,23). The number of hydrogen-bond donors (Lipinski definition) is 2. The maximum Gasteiger partial charge on any atom is 0.227 e. The average molecular weight is 359 g/mol. The number of nitrogens with one attached hydrogen (secondary N) is 1. The highest BCUT2D eigenvalue weighted by Gasteiger charge is 2.38. The molecule has 0 aliphatic carbocycles. The number of aryl methyl sites for hydroxylation is 2. The number of rotatable bonds is 7. The van der Waals surface area contributed by atoms with Crippen LogP contribution in [0.3, 0.4) is 0 Å². The van der Waals surface area contributed by atoms with Crippen molar-refractivity contribution < 1.29 is 9.53 Å². The van der Waals surface area contributed by atoms with Crippen LogP contribution in [0.25, 0.3) is 0 Å². The number of aromatic nitrogens is 1. The van der Waals surface area contributed by atoms with Crippen LogP contribution < -0.4 is 11.1 Å². The van der Waals surface area contributed by atoms with Crippen molar-refractivity contribution in [3.8, 4) is 0 Å². The van der Waals surface area contributed by atoms with E-state index in [0.29, 0.717) is 39.1 Å². The normalized spacial score (nSPS) is 16.5. The van der Waals surface area contributed by atoms with Crippen LogP contribution in [0.5, 0.6) is 0 Å². The third-order valence-electron chi connectivity index (χ3n) is 4.82. The Morgan fingerprint density at radius 2 is 2.00 bits per heavy atom. The van der Waals surface area contributed by atoms with Gasteiger partial charge in [-0.2, -0.15) is 0 Å². The third kappa shape index (κ3) is 4.66. The van der Waals surface area contributed by atoms with Gasteiger partial charge in [0.15, 0.2) is 0 Å². The zero-order valence-corrected chi connectivity index (χ0v) is 15.2. The van der Waals surface area contributed by atoms with E-state index in [4.69, 9.17) is 10.5 Å². The van der Waals surface area contributed by atoms with Crippen molar-refractivity contribution in [2.75, 3.05) is 19.8 Å². The molecule has 3 rings (SSSR count). The molecule has 2 heterocycles. The molecule has 5 nitrogen and oxygen atoms in total. The van der Waals surface area contributed by atoms with Gasteiger partial charge in [-0.3, -0.25) is 4.79 Å². The van der Waals surface area contributed by atoms with Gasteiger partial charge in [0.25, 0.3) is 0 Å². The van der Waals surface area contributed by atoms with Crippen molar-refractivity contribution in [1.29, 1.82) is 0 Å². The van der Waals surface area contributed by atoms with Crippen LogP contribution in [0.15, 0.2) is 35.7 Å². The van der Waals surface area contributed by atoms with Crippen molar-refractivity contribution in [3.63, 3.8) is 0 Å². The van der Waals surface area contributed by atoms with E-state index in [1.165, 1.54) is 5.56 Å². The molecule has 1 aliphatic heterocycles. The van der Waals surface area contributed by atoms with E-state index < -0.39 is 5.41 Å². The molecule has 1 amide bonds. The summed E-state index contributed by atoms with van der Waals surface area (Å²) in [5.41, 5.74) is 7.63. The highest BCUT2D eigenvalue weighted by molar-refractivity contribution is 7.09. The highest BCUT2D eigenvalue weighted by atomic mass is 32.1. The number of hydrogen-bond acceptors (Lipinski definition) is 5. The van der Waals surface area contributed by atoms with E-state index in [9.17, 15) is 4.79 Å². The van der Waals surface area contributed by atoms with Crippen molar-refractivity contribution >= 4 is 17.2 Å². The molecule has 1 aromatic carbocycles. The second-order valence-electron chi connectivity index (χ2n) is 6.50. The SMILES string of the molecule is NCC1(C(=O)NCc2csc(CCc3ccccc3)n2)CCOCC1. The van der Waals surface area contributed by atoms with Crippen LogP contribution in [0.2, 0.25) is 0 Å². The number of amides is 1. The lowest BCUT2D eigenvalue weighted by Gasteiger charge is -2.34. The van der Waals surface area contributed by atoms with Gasteiger partial charge in [0.05, 0.1) is 22.7 Å². The number of carbonyl (C=O) groups is 1. The summed E-state index contributed by atoms with van der Waals surface area (Å²) in [5.74, 6) is 0.0251. The molecular formula is C19H25N3O2S. The van der Waals surface area contributed by atoms with E-state index in [0.717, 1.165) is 23.5 Å². The molecule has 1 aliphatic rings. The maximum atomic E-state index is 12.6. The molecule has 1 saturated heterocycles. The molecule has 0 atom stereocenters. The minimum Gasteiger partial charge on any atom is -0.381 e. The molecule has 0 saturated carbocycles. The van der Waals surface area contributed by atoms with Crippen molar-refractivity contribution in [1.82, 2.24) is 10.3 Å². The number of nitrogens with zero attached hydrogens (tertiary/aromatic N) is 1. The molecule has 1 fully saturated rings. The molecule has 2 aromatic rings. The molecule has 1 aromatic heterocycles. The second-order valence-corrected chi connectivity index (χ2v) is 7.44. The van der Waals surface area contributed by atoms with Gasteiger partial charge < -0.3 is 15.8 Å². The number of benzene rings is 1. The van der Waals surface area contributed by atoms with Crippen molar-refractivity contribution in [2.24, 2.45) is 11.1 Å². The Hall–Kier alpha value is -1.76. The number of ether oxygens (including phenoxy) is 1. The molecule has 3 N–H and O–H groups in total. The smallest absolute Gasteiger partial charge is 0.227 e. The predicted molar refractivity (Wildman–Crippen MR) is 99.4 cm³/mol. The van der Waals surface area contributed by atoms with Gasteiger partial charge in [-0.05, 0) is 24.8 Å². The second kappa shape index (κ2) is 8.56. The lowest BCUT2D eigenvalue weighted by atomic mass is 9.79. The van der Waals surface area contributed by atoms with Crippen LogP contribution in [0.1, 0.15) is 29.1 Å². The summed E-state index contributed by atoms with van der Waals surface area (Å²) >= 11 is 1.65. The van der Waals surface area contributed by atoms with E-state index in [1.54, 1.807) is 11.3 Å².